The number of para-hydroxylation sites is 2. The van der Waals surface area contributed by atoms with Crippen molar-refractivity contribution in [2.24, 2.45) is 0 Å². The second kappa shape index (κ2) is 6.95. The minimum Gasteiger partial charge on any atom is -0.481 e. The van der Waals surface area contributed by atoms with E-state index in [1.165, 1.54) is 29.1 Å². The van der Waals surface area contributed by atoms with Crippen LogP contribution in [0.15, 0.2) is 36.5 Å². The van der Waals surface area contributed by atoms with Crippen LogP contribution in [0.1, 0.15) is 42.6 Å². The van der Waals surface area contributed by atoms with Gasteiger partial charge in [-0.05, 0) is 25.0 Å². The highest BCUT2D eigenvalue weighted by Gasteiger charge is 2.38. The van der Waals surface area contributed by atoms with Crippen molar-refractivity contribution >= 4 is 17.6 Å². The molecule has 0 radical (unpaired) electrons. The molecule has 9 nitrogen and oxygen atoms in total. The third kappa shape index (κ3) is 3.56. The predicted octanol–water partition coefficient (Wildman–Crippen LogP) is 2.30. The van der Waals surface area contributed by atoms with E-state index in [-0.39, 0.29) is 23.5 Å². The van der Waals surface area contributed by atoms with Gasteiger partial charge in [-0.25, -0.2) is 4.68 Å². The number of carbonyl (C=O) groups excluding carboxylic acids is 1. The lowest BCUT2D eigenvalue weighted by Crippen LogP contribution is -2.48. The largest absolute Gasteiger partial charge is 0.481 e. The molecule has 0 unspecified atom stereocenters. The van der Waals surface area contributed by atoms with Gasteiger partial charge in [-0.2, -0.15) is 5.10 Å². The average molecular weight is 358 g/mol. The topological polar surface area (TPSA) is 127 Å². The van der Waals surface area contributed by atoms with Crippen LogP contribution in [-0.2, 0) is 4.79 Å². The highest BCUT2D eigenvalue weighted by Crippen LogP contribution is 2.33. The Labute approximate surface area is 148 Å². The van der Waals surface area contributed by atoms with Crippen LogP contribution >= 0.6 is 0 Å². The molecule has 0 atom stereocenters. The summed E-state index contributed by atoms with van der Waals surface area (Å²) in [6, 6.07) is 7.54. The zero-order valence-electron chi connectivity index (χ0n) is 13.9. The van der Waals surface area contributed by atoms with E-state index in [0.29, 0.717) is 12.8 Å². The number of aliphatic carboxylic acids is 1. The molecule has 1 fully saturated rings. The van der Waals surface area contributed by atoms with Crippen molar-refractivity contribution < 1.29 is 19.6 Å². The summed E-state index contributed by atoms with van der Waals surface area (Å²) in [7, 11) is 0. The number of benzene rings is 1. The number of nitrogens with zero attached hydrogens (tertiary/aromatic N) is 3. The number of aromatic nitrogens is 2. The minimum absolute atomic E-state index is 0.0832. The van der Waals surface area contributed by atoms with Crippen molar-refractivity contribution in [1.29, 1.82) is 0 Å². The van der Waals surface area contributed by atoms with Crippen LogP contribution in [0, 0.1) is 10.1 Å². The third-order valence-electron chi connectivity index (χ3n) is 4.58. The Morgan fingerprint density at radius 2 is 1.96 bits per heavy atom. The lowest BCUT2D eigenvalue weighted by Gasteiger charge is -2.28. The molecule has 1 aliphatic carbocycles. The number of hydrogen-bond acceptors (Lipinski definition) is 5. The molecule has 1 aromatic heterocycles. The van der Waals surface area contributed by atoms with E-state index in [1.54, 1.807) is 12.1 Å². The second-order valence-corrected chi connectivity index (χ2v) is 6.40. The third-order valence-corrected chi connectivity index (χ3v) is 4.58. The van der Waals surface area contributed by atoms with E-state index in [9.17, 15) is 19.7 Å². The van der Waals surface area contributed by atoms with Gasteiger partial charge in [0.15, 0.2) is 5.69 Å². The summed E-state index contributed by atoms with van der Waals surface area (Å²) in [4.78, 5) is 34.3. The number of nitro benzene ring substituents is 1. The minimum atomic E-state index is -0.961. The summed E-state index contributed by atoms with van der Waals surface area (Å²) >= 11 is 0. The van der Waals surface area contributed by atoms with E-state index in [0.717, 1.165) is 12.8 Å². The van der Waals surface area contributed by atoms with Gasteiger partial charge in [0.25, 0.3) is 11.6 Å². The normalized spacial score (nSPS) is 15.5. The zero-order chi connectivity index (χ0) is 18.7. The van der Waals surface area contributed by atoms with Crippen molar-refractivity contribution in [2.45, 2.75) is 37.6 Å². The maximum atomic E-state index is 12.5. The molecule has 1 heterocycles. The van der Waals surface area contributed by atoms with E-state index in [2.05, 4.69) is 10.4 Å². The molecule has 0 saturated heterocycles. The Bertz CT molecular complexity index is 854. The summed E-state index contributed by atoms with van der Waals surface area (Å²) in [5.74, 6) is -1.44. The summed E-state index contributed by atoms with van der Waals surface area (Å²) in [6.45, 7) is 0. The van der Waals surface area contributed by atoms with Crippen molar-refractivity contribution in [1.82, 2.24) is 15.1 Å². The summed E-state index contributed by atoms with van der Waals surface area (Å²) in [6.07, 6.45) is 4.27. The number of hydrogen-bond donors (Lipinski definition) is 2. The van der Waals surface area contributed by atoms with Gasteiger partial charge in [0.2, 0.25) is 0 Å². The van der Waals surface area contributed by atoms with Gasteiger partial charge in [-0.1, -0.05) is 25.0 Å². The van der Waals surface area contributed by atoms with Crippen LogP contribution in [0.2, 0.25) is 0 Å². The molecule has 26 heavy (non-hydrogen) atoms. The van der Waals surface area contributed by atoms with Gasteiger partial charge in [0.05, 0.1) is 16.9 Å². The zero-order valence-corrected chi connectivity index (χ0v) is 13.9. The summed E-state index contributed by atoms with van der Waals surface area (Å²) in [5, 5.41) is 27.2. The molecule has 0 bridgehead atoms. The van der Waals surface area contributed by atoms with Gasteiger partial charge in [0, 0.05) is 12.3 Å². The molecule has 1 amide bonds. The van der Waals surface area contributed by atoms with E-state index in [4.69, 9.17) is 5.11 Å². The summed E-state index contributed by atoms with van der Waals surface area (Å²) < 4.78 is 1.27. The fourth-order valence-corrected chi connectivity index (χ4v) is 3.38. The van der Waals surface area contributed by atoms with Gasteiger partial charge >= 0.3 is 5.97 Å². The van der Waals surface area contributed by atoms with Crippen LogP contribution in [0.5, 0.6) is 0 Å². The first kappa shape index (κ1) is 17.6. The molecule has 0 spiro atoms. The van der Waals surface area contributed by atoms with Crippen molar-refractivity contribution in [3.05, 3.63) is 52.3 Å². The number of carbonyl (C=O) groups is 2. The quantitative estimate of drug-likeness (QED) is 0.602. The molecular weight excluding hydrogens is 340 g/mol. The van der Waals surface area contributed by atoms with Gasteiger partial charge < -0.3 is 10.4 Å². The SMILES string of the molecule is O=C(O)CC1(NC(=O)c2ccn(-c3ccccc3[N+](=O)[O-])n2)CCCC1. The van der Waals surface area contributed by atoms with Gasteiger partial charge in [-0.3, -0.25) is 19.7 Å². The monoisotopic (exact) mass is 358 g/mol. The van der Waals surface area contributed by atoms with E-state index < -0.39 is 22.3 Å². The number of carboxylic acids is 1. The van der Waals surface area contributed by atoms with Crippen molar-refractivity contribution in [3.8, 4) is 5.69 Å². The van der Waals surface area contributed by atoms with Crippen LogP contribution < -0.4 is 5.32 Å². The highest BCUT2D eigenvalue weighted by atomic mass is 16.6. The standard InChI is InChI=1S/C17H18N4O5/c22-15(23)11-17(8-3-4-9-17)18-16(24)12-7-10-20(19-12)13-5-1-2-6-14(13)21(25)26/h1-2,5-7,10H,3-4,8-9,11H2,(H,18,24)(H,22,23). The first-order valence-electron chi connectivity index (χ1n) is 8.24. The Kier molecular flexibility index (Phi) is 4.70. The number of carboxylic acid groups (broad SMARTS) is 1. The molecule has 0 aliphatic heterocycles. The lowest BCUT2D eigenvalue weighted by atomic mass is 9.93. The fourth-order valence-electron chi connectivity index (χ4n) is 3.38. The molecule has 3 rings (SSSR count). The number of amides is 1. The molecule has 136 valence electrons. The number of nitro groups is 1. The Balaban J connectivity index is 1.83. The Morgan fingerprint density at radius 1 is 1.27 bits per heavy atom. The number of rotatable bonds is 6. The first-order valence-corrected chi connectivity index (χ1v) is 8.24. The predicted molar refractivity (Wildman–Crippen MR) is 91.1 cm³/mol. The van der Waals surface area contributed by atoms with Gasteiger partial charge in [-0.15, -0.1) is 0 Å². The van der Waals surface area contributed by atoms with Crippen molar-refractivity contribution in [3.63, 3.8) is 0 Å². The molecule has 1 aromatic carbocycles. The van der Waals surface area contributed by atoms with E-state index in [1.807, 2.05) is 0 Å². The molecule has 1 saturated carbocycles. The van der Waals surface area contributed by atoms with Crippen molar-refractivity contribution in [2.75, 3.05) is 0 Å². The molecule has 2 N–H and O–H groups in total. The van der Waals surface area contributed by atoms with Crippen LogP contribution in [0.3, 0.4) is 0 Å². The highest BCUT2D eigenvalue weighted by molar-refractivity contribution is 5.93. The smallest absolute Gasteiger partial charge is 0.305 e. The number of nitrogens with one attached hydrogen (secondary N) is 1. The lowest BCUT2D eigenvalue weighted by molar-refractivity contribution is -0.384. The maximum Gasteiger partial charge on any atom is 0.305 e. The second-order valence-electron chi connectivity index (χ2n) is 6.40. The Morgan fingerprint density at radius 3 is 2.62 bits per heavy atom. The van der Waals surface area contributed by atoms with Crippen LogP contribution in [0.25, 0.3) is 5.69 Å². The summed E-state index contributed by atoms with van der Waals surface area (Å²) in [5.41, 5.74) is -0.552. The molecular formula is C17H18N4O5. The van der Waals surface area contributed by atoms with Gasteiger partial charge in [0.1, 0.15) is 5.69 Å². The molecule has 1 aliphatic rings. The molecule has 2 aromatic rings. The first-order chi connectivity index (χ1) is 12.4. The van der Waals surface area contributed by atoms with Crippen LogP contribution in [0.4, 0.5) is 5.69 Å². The van der Waals surface area contributed by atoms with E-state index >= 15 is 0 Å². The Hall–Kier alpha value is -3.23. The average Bonchev–Trinajstić information content (AvgIpc) is 3.24. The van der Waals surface area contributed by atoms with Crippen LogP contribution in [-0.4, -0.2) is 37.2 Å². The fraction of sp³-hybridized carbons (Fsp3) is 0.353. The maximum absolute atomic E-state index is 12.5. The molecule has 9 heteroatoms.